The third-order valence-corrected chi connectivity index (χ3v) is 23.8. The highest BCUT2D eigenvalue weighted by atomic mass is 16.6. The van der Waals surface area contributed by atoms with Crippen LogP contribution >= 0.6 is 0 Å². The van der Waals surface area contributed by atoms with Gasteiger partial charge in [0.2, 0.25) is 0 Å². The Morgan fingerprint density at radius 1 is 1.00 bits per heavy atom. The van der Waals surface area contributed by atoms with Gasteiger partial charge < -0.3 is 41.0 Å². The second kappa shape index (κ2) is 15.8. The number of ketones is 1. The fraction of sp³-hybridized carbons (Fsp3) is 0.694. The quantitative estimate of drug-likeness (QED) is 0.0857. The molecule has 1 aromatic rings. The minimum Gasteiger partial charge on any atom is -0.396 e. The van der Waals surface area contributed by atoms with Crippen LogP contribution in [-0.4, -0.2) is 81.1 Å². The molecular weight excluding hydrogens is 885 g/mol. The molecule has 14 rings (SSSR count). The Hall–Kier alpha value is -3.49. The monoisotopic (exact) mass is 965 g/mol. The topological polar surface area (TPSA) is 158 Å². The highest BCUT2D eigenvalue weighted by molar-refractivity contribution is 5.96. The zero-order valence-electron chi connectivity index (χ0n) is 42.9. The van der Waals surface area contributed by atoms with Crippen molar-refractivity contribution >= 4 is 5.78 Å². The summed E-state index contributed by atoms with van der Waals surface area (Å²) in [4.78, 5) is 15.9. The number of fused-ring (bicyclic) bond motifs is 5. The van der Waals surface area contributed by atoms with E-state index in [9.17, 15) is 20.4 Å². The average Bonchev–Trinajstić information content (AvgIpc) is 3.94. The minimum atomic E-state index is -1.40. The largest absolute Gasteiger partial charge is 0.396 e. The number of hydrogen-bond acceptors (Lipinski definition) is 9. The van der Waals surface area contributed by atoms with Crippen LogP contribution in [-0.2, 0) is 27.1 Å². The van der Waals surface area contributed by atoms with Crippen molar-refractivity contribution in [3.63, 3.8) is 0 Å². The number of allylic oxidation sites excluding steroid dienone is 6. The zero-order valence-corrected chi connectivity index (χ0v) is 42.9. The molecule has 7 N–H and O–H groups in total. The molecule has 71 heavy (non-hydrogen) atoms. The molecular formula is C62H80N2O7. The number of carbonyl (C=O) groups excluding carboxylic acids is 1. The molecule has 0 aromatic heterocycles. The normalized spacial score (nSPS) is 47.8. The van der Waals surface area contributed by atoms with E-state index in [2.05, 4.69) is 85.7 Å². The molecule has 1 aromatic carbocycles. The second-order valence-corrected chi connectivity index (χ2v) is 26.6. The Labute approximate surface area is 422 Å². The Kier molecular flexibility index (Phi) is 10.5. The summed E-state index contributed by atoms with van der Waals surface area (Å²) in [5, 5.41) is 54.3. The van der Waals surface area contributed by atoms with Crippen molar-refractivity contribution in [1.29, 1.82) is 0 Å². The minimum absolute atomic E-state index is 0.00899. The van der Waals surface area contributed by atoms with Gasteiger partial charge in [-0.25, -0.2) is 0 Å². The molecule has 3 aliphatic heterocycles. The molecule has 9 heteroatoms. The molecule has 18 atom stereocenters. The van der Waals surface area contributed by atoms with Gasteiger partial charge in [0.1, 0.15) is 17.8 Å². The van der Waals surface area contributed by atoms with Crippen molar-refractivity contribution in [3.05, 3.63) is 94.9 Å². The summed E-state index contributed by atoms with van der Waals surface area (Å²) in [6.07, 6.45) is 28.5. The van der Waals surface area contributed by atoms with Crippen molar-refractivity contribution in [1.82, 2.24) is 5.32 Å². The first-order valence-corrected chi connectivity index (χ1v) is 28.1. The molecule has 7 fully saturated rings. The van der Waals surface area contributed by atoms with Gasteiger partial charge in [0.15, 0.2) is 5.78 Å². The van der Waals surface area contributed by atoms with Crippen LogP contribution < -0.4 is 11.1 Å². The van der Waals surface area contributed by atoms with Crippen molar-refractivity contribution in [3.8, 4) is 11.8 Å². The predicted octanol–water partition coefficient (Wildman–Crippen LogP) is 8.35. The molecule has 0 unspecified atom stereocenters. The Morgan fingerprint density at radius 2 is 1.80 bits per heavy atom. The Morgan fingerprint density at radius 3 is 2.58 bits per heavy atom. The molecule has 0 radical (unpaired) electrons. The van der Waals surface area contributed by atoms with Crippen LogP contribution in [0, 0.1) is 85.8 Å². The summed E-state index contributed by atoms with van der Waals surface area (Å²) < 4.78 is 14.3. The Bertz CT molecular complexity index is 2630. The van der Waals surface area contributed by atoms with Crippen LogP contribution in [0.4, 0.5) is 0 Å². The van der Waals surface area contributed by atoms with Gasteiger partial charge in [-0.2, -0.15) is 0 Å². The van der Waals surface area contributed by atoms with Gasteiger partial charge in [-0.1, -0.05) is 100 Å². The number of dihydropyridines is 1. The van der Waals surface area contributed by atoms with Gasteiger partial charge in [0.25, 0.3) is 0 Å². The summed E-state index contributed by atoms with van der Waals surface area (Å²) in [6.45, 7) is 9.50. The molecule has 2 saturated heterocycles. The number of carbonyl (C=O) groups is 1. The van der Waals surface area contributed by atoms with E-state index in [1.165, 1.54) is 24.0 Å². The van der Waals surface area contributed by atoms with Gasteiger partial charge in [0, 0.05) is 59.0 Å². The number of benzene rings is 1. The number of ether oxygens (including phenoxy) is 2. The third-order valence-electron chi connectivity index (χ3n) is 23.8. The molecule has 0 amide bonds. The maximum absolute atomic E-state index is 15.9. The lowest BCUT2D eigenvalue weighted by Crippen LogP contribution is -2.72. The predicted molar refractivity (Wildman–Crippen MR) is 273 cm³/mol. The lowest BCUT2D eigenvalue weighted by Gasteiger charge is -2.72. The number of aliphatic hydroxyl groups is 4. The van der Waals surface area contributed by atoms with E-state index in [1.54, 1.807) is 0 Å². The fourth-order valence-corrected chi connectivity index (χ4v) is 20.5. The van der Waals surface area contributed by atoms with Crippen molar-refractivity contribution in [2.75, 3.05) is 19.8 Å². The lowest BCUT2D eigenvalue weighted by molar-refractivity contribution is -0.235. The van der Waals surface area contributed by atoms with Gasteiger partial charge >= 0.3 is 0 Å². The maximum atomic E-state index is 15.9. The number of aryl methyl sites for hydroxylation is 1. The number of aliphatic hydroxyl groups excluding tert-OH is 2. The molecule has 9 nitrogen and oxygen atoms in total. The van der Waals surface area contributed by atoms with E-state index in [-0.39, 0.29) is 52.8 Å². The van der Waals surface area contributed by atoms with Gasteiger partial charge in [-0.15, -0.1) is 0 Å². The molecule has 13 aliphatic rings. The van der Waals surface area contributed by atoms with Gasteiger partial charge in [-0.05, 0) is 166 Å². The van der Waals surface area contributed by atoms with E-state index < -0.39 is 62.7 Å². The number of epoxide rings is 1. The number of hydrogen-bond donors (Lipinski definition) is 6. The van der Waals surface area contributed by atoms with Crippen LogP contribution in [0.3, 0.4) is 0 Å². The van der Waals surface area contributed by atoms with E-state index >= 15 is 4.79 Å². The molecule has 4 bridgehead atoms. The van der Waals surface area contributed by atoms with Crippen LogP contribution in [0.2, 0.25) is 0 Å². The Balaban J connectivity index is 0.951. The molecule has 5 saturated carbocycles. The number of nitrogens with one attached hydrogen (secondary N) is 1. The first-order chi connectivity index (χ1) is 34.0. The van der Waals surface area contributed by atoms with Gasteiger partial charge in [0.05, 0.1) is 29.7 Å². The number of nitrogens with two attached hydrogens (primary N) is 1. The van der Waals surface area contributed by atoms with E-state index in [0.29, 0.717) is 63.4 Å². The molecule has 380 valence electrons. The molecule has 3 spiro atoms. The molecule has 3 heterocycles. The van der Waals surface area contributed by atoms with E-state index in [1.807, 2.05) is 26.0 Å². The highest BCUT2D eigenvalue weighted by Crippen LogP contribution is 2.86. The van der Waals surface area contributed by atoms with Crippen LogP contribution in [0.25, 0.3) is 0 Å². The summed E-state index contributed by atoms with van der Waals surface area (Å²) >= 11 is 0. The summed E-state index contributed by atoms with van der Waals surface area (Å²) in [5.41, 5.74) is 4.34. The SMILES string of the molecule is C[C@H]1CCO[C@]([C@H]2CC[C@@]3(O)C4=CC(=O)[C@@H]5[C@@H]6C=C[C@@]78C=CC[C@@]59[C@H]4[C@@H](CCc4ccccc4CC#C[C@@H](C4(CCCC4)C7)[C@@]89C[C@@H]6O)C[C@]23C)([C@H]2O[C@@H]2[C@](C)(O)[C@](C)(CO)CCC2=CCNC(N)=C2)C1. The van der Waals surface area contributed by atoms with E-state index in [0.717, 1.165) is 68.9 Å². The number of rotatable bonds is 8. The summed E-state index contributed by atoms with van der Waals surface area (Å²) in [5.74, 6) is 8.30. The van der Waals surface area contributed by atoms with Crippen LogP contribution in [0.5, 0.6) is 0 Å². The van der Waals surface area contributed by atoms with Crippen LogP contribution in [0.1, 0.15) is 135 Å². The van der Waals surface area contributed by atoms with Crippen molar-refractivity contribution in [2.24, 2.45) is 79.6 Å². The van der Waals surface area contributed by atoms with Crippen molar-refractivity contribution in [2.45, 2.75) is 172 Å². The zero-order chi connectivity index (χ0) is 49.2. The van der Waals surface area contributed by atoms with Gasteiger partial charge in [-0.3, -0.25) is 4.79 Å². The second-order valence-electron chi connectivity index (χ2n) is 26.6. The molecule has 10 aliphatic carbocycles. The third kappa shape index (κ3) is 6.02. The average molecular weight is 965 g/mol. The summed E-state index contributed by atoms with van der Waals surface area (Å²) in [7, 11) is 0. The maximum Gasteiger partial charge on any atom is 0.160 e. The first kappa shape index (κ1) is 47.2. The first-order valence-electron chi connectivity index (χ1n) is 28.1. The highest BCUT2D eigenvalue weighted by Gasteiger charge is 2.85. The smallest absolute Gasteiger partial charge is 0.160 e. The van der Waals surface area contributed by atoms with Crippen molar-refractivity contribution < 1.29 is 34.7 Å². The fourth-order valence-electron chi connectivity index (χ4n) is 20.5. The standard InChI is InChI=1S/C62H80N2O7/c1-38-21-30-70-60(33-38,53-52(71-53)56(4,68)54(2,37-65)26-17-39-20-29-64-49(63)31-39)47-19-28-62(69)44-32-45(66)51-43-18-27-58-24-10-25-59(51)50(44)42(34-55(47,62)3)16-15-41-12-6-5-11-40(41)13-9-14-48(61(58,59)35-46(43)67)57(36-58)22-7-8-23-57/h5-6,10-12,18,20,24,27,31-32,38,42-43,46-48,50-53,64-65,67-69H,7-8,13,15-17,19,21-23,25-26,28-30,33-37,63H2,1-4H3/t38-,42-,43+,46-,47-,48-,50-,51-,52-,53-,54-,55+,56-,58-,59+,60+,61-,62+/m0/s1. The van der Waals surface area contributed by atoms with Crippen LogP contribution in [0.15, 0.2) is 83.8 Å². The lowest BCUT2D eigenvalue weighted by atomic mass is 9.30. The van der Waals surface area contributed by atoms with E-state index in [4.69, 9.17) is 15.2 Å². The summed E-state index contributed by atoms with van der Waals surface area (Å²) in [6, 6.07) is 8.92.